The lowest BCUT2D eigenvalue weighted by Gasteiger charge is -2.32. The van der Waals surface area contributed by atoms with Gasteiger partial charge in [0.05, 0.1) is 10.5 Å². The smallest absolute Gasteiger partial charge is 0.309 e. The first-order valence-electron chi connectivity index (χ1n) is 8.78. The fraction of sp³-hybridized carbons (Fsp3) is 0.667. The highest BCUT2D eigenvalue weighted by molar-refractivity contribution is 7.89. The van der Waals surface area contributed by atoms with Crippen LogP contribution < -0.4 is 0 Å². The highest BCUT2D eigenvalue weighted by Gasteiger charge is 2.32. The molecule has 0 aliphatic heterocycles. The van der Waals surface area contributed by atoms with Gasteiger partial charge in [0, 0.05) is 20.1 Å². The Kier molecular flexibility index (Phi) is 6.74. The van der Waals surface area contributed by atoms with Gasteiger partial charge < -0.3 is 4.90 Å². The highest BCUT2D eigenvalue weighted by atomic mass is 32.2. The molecule has 1 aromatic rings. The van der Waals surface area contributed by atoms with Gasteiger partial charge in [-0.05, 0) is 75.9 Å². The van der Waals surface area contributed by atoms with Gasteiger partial charge in [-0.15, -0.1) is 0 Å². The molecule has 0 heterocycles. The van der Waals surface area contributed by atoms with Gasteiger partial charge in [0.15, 0.2) is 0 Å². The summed E-state index contributed by atoms with van der Waals surface area (Å²) in [5, 5.41) is 0. The molecule has 0 saturated heterocycles. The van der Waals surface area contributed by atoms with Crippen molar-refractivity contribution in [2.45, 2.75) is 36.8 Å². The average Bonchev–Trinajstić information content (AvgIpc) is 2.55. The van der Waals surface area contributed by atoms with E-state index >= 15 is 0 Å². The summed E-state index contributed by atoms with van der Waals surface area (Å²) in [4.78, 5) is 2.07. The van der Waals surface area contributed by atoms with Crippen molar-refractivity contribution in [3.63, 3.8) is 0 Å². The molecule has 0 spiro atoms. The van der Waals surface area contributed by atoms with Gasteiger partial charge in [0.1, 0.15) is 0 Å². The Morgan fingerprint density at radius 3 is 1.81 bits per heavy atom. The van der Waals surface area contributed by atoms with Gasteiger partial charge in [-0.2, -0.15) is 13.2 Å². The molecule has 0 amide bonds. The second-order valence-electron chi connectivity index (χ2n) is 7.46. The minimum atomic E-state index is -4.47. The molecule has 0 unspecified atom stereocenters. The van der Waals surface area contributed by atoms with E-state index in [-0.39, 0.29) is 4.90 Å². The second kappa shape index (κ2) is 8.27. The fourth-order valence-electron chi connectivity index (χ4n) is 3.57. The van der Waals surface area contributed by atoms with Crippen LogP contribution in [0, 0.1) is 11.8 Å². The molecule has 26 heavy (non-hydrogen) atoms. The molecule has 1 aromatic carbocycles. The third kappa shape index (κ3) is 5.44. The summed E-state index contributed by atoms with van der Waals surface area (Å²) in [6.07, 6.45) is -0.357. The summed E-state index contributed by atoms with van der Waals surface area (Å²) in [6.45, 7) is 1.45. The largest absolute Gasteiger partial charge is 0.416 e. The molecule has 0 N–H and O–H groups in total. The normalized spacial score (nSPS) is 22.2. The van der Waals surface area contributed by atoms with Gasteiger partial charge in [0.2, 0.25) is 10.0 Å². The standard InChI is InChI=1S/C18H27F3N2O2S/c1-22(2)12-14-4-6-15(7-5-14)13-23(3)26(24,25)17-10-8-16(9-11-17)18(19,20)21/h8-11,14-15H,4-7,12-13H2,1-3H3. The van der Waals surface area contributed by atoms with Crippen LogP contribution in [0.1, 0.15) is 31.2 Å². The Bertz CT molecular complexity index is 679. The van der Waals surface area contributed by atoms with Gasteiger partial charge in [0.25, 0.3) is 0 Å². The van der Waals surface area contributed by atoms with E-state index in [1.807, 2.05) is 0 Å². The molecule has 2 rings (SSSR count). The molecule has 1 aliphatic rings. The molecular formula is C18H27F3N2O2S. The summed E-state index contributed by atoms with van der Waals surface area (Å²) in [5.74, 6) is 0.945. The van der Waals surface area contributed by atoms with Gasteiger partial charge >= 0.3 is 6.18 Å². The number of sulfonamides is 1. The van der Waals surface area contributed by atoms with Crippen LogP contribution in [0.25, 0.3) is 0 Å². The Labute approximate surface area is 154 Å². The quantitative estimate of drug-likeness (QED) is 0.741. The topological polar surface area (TPSA) is 40.6 Å². The Morgan fingerprint density at radius 1 is 0.923 bits per heavy atom. The summed E-state index contributed by atoms with van der Waals surface area (Å²) in [7, 11) is 1.83. The summed E-state index contributed by atoms with van der Waals surface area (Å²) in [5.41, 5.74) is -0.849. The molecule has 148 valence electrons. The van der Waals surface area contributed by atoms with E-state index in [1.54, 1.807) is 0 Å². The second-order valence-corrected chi connectivity index (χ2v) is 9.50. The van der Waals surface area contributed by atoms with E-state index < -0.39 is 21.8 Å². The molecule has 0 radical (unpaired) electrons. The zero-order valence-corrected chi connectivity index (χ0v) is 16.3. The van der Waals surface area contributed by atoms with Crippen LogP contribution in [0.3, 0.4) is 0 Å². The van der Waals surface area contributed by atoms with E-state index in [0.717, 1.165) is 56.5 Å². The first kappa shape index (κ1) is 21.2. The lowest BCUT2D eigenvalue weighted by molar-refractivity contribution is -0.137. The van der Waals surface area contributed by atoms with Crippen LogP contribution in [0.2, 0.25) is 0 Å². The molecule has 0 bridgehead atoms. The number of alkyl halides is 3. The third-order valence-electron chi connectivity index (χ3n) is 4.99. The van der Waals surface area contributed by atoms with E-state index in [9.17, 15) is 21.6 Å². The van der Waals surface area contributed by atoms with E-state index in [4.69, 9.17) is 0 Å². The summed E-state index contributed by atoms with van der Waals surface area (Å²) < 4.78 is 64.4. The number of rotatable bonds is 6. The molecule has 8 heteroatoms. The maximum absolute atomic E-state index is 12.6. The lowest BCUT2D eigenvalue weighted by atomic mass is 9.82. The molecule has 4 nitrogen and oxygen atoms in total. The van der Waals surface area contributed by atoms with Crippen LogP contribution in [0.5, 0.6) is 0 Å². The molecule has 1 saturated carbocycles. The number of nitrogens with zero attached hydrogens (tertiary/aromatic N) is 2. The van der Waals surface area contributed by atoms with Crippen LogP contribution in [-0.4, -0.2) is 51.9 Å². The third-order valence-corrected chi connectivity index (χ3v) is 6.83. The van der Waals surface area contributed by atoms with Crippen molar-refractivity contribution in [2.75, 3.05) is 34.2 Å². The van der Waals surface area contributed by atoms with Crippen molar-refractivity contribution in [3.8, 4) is 0 Å². The SMILES string of the molecule is CN(C)CC1CCC(CN(C)S(=O)(=O)c2ccc(C(F)(F)F)cc2)CC1. The zero-order valence-electron chi connectivity index (χ0n) is 15.5. The zero-order chi connectivity index (χ0) is 19.5. The molecule has 1 fully saturated rings. The van der Waals surface area contributed by atoms with Gasteiger partial charge in [-0.3, -0.25) is 0 Å². The average molecular weight is 392 g/mol. The Morgan fingerprint density at radius 2 is 1.38 bits per heavy atom. The van der Waals surface area contributed by atoms with Crippen molar-refractivity contribution < 1.29 is 21.6 Å². The highest BCUT2D eigenvalue weighted by Crippen LogP contribution is 2.32. The minimum Gasteiger partial charge on any atom is -0.309 e. The van der Waals surface area contributed by atoms with E-state index in [1.165, 1.54) is 11.4 Å². The van der Waals surface area contributed by atoms with E-state index in [0.29, 0.717) is 18.4 Å². The Hall–Kier alpha value is -1.12. The van der Waals surface area contributed by atoms with Crippen LogP contribution in [0.4, 0.5) is 13.2 Å². The van der Waals surface area contributed by atoms with Gasteiger partial charge in [-0.1, -0.05) is 0 Å². The van der Waals surface area contributed by atoms with Crippen molar-refractivity contribution in [2.24, 2.45) is 11.8 Å². The number of hydrogen-bond acceptors (Lipinski definition) is 3. The van der Waals surface area contributed by atoms with Crippen molar-refractivity contribution in [3.05, 3.63) is 29.8 Å². The number of halogens is 3. The summed E-state index contributed by atoms with van der Waals surface area (Å²) >= 11 is 0. The molecule has 0 aromatic heterocycles. The number of benzene rings is 1. The van der Waals surface area contributed by atoms with Crippen molar-refractivity contribution in [1.29, 1.82) is 0 Å². The molecule has 0 atom stereocenters. The molecule has 1 aliphatic carbocycles. The van der Waals surface area contributed by atoms with E-state index in [2.05, 4.69) is 19.0 Å². The van der Waals surface area contributed by atoms with Crippen molar-refractivity contribution in [1.82, 2.24) is 9.21 Å². The predicted molar refractivity (Wildman–Crippen MR) is 95.3 cm³/mol. The first-order chi connectivity index (χ1) is 12.0. The van der Waals surface area contributed by atoms with Gasteiger partial charge in [-0.25, -0.2) is 12.7 Å². The lowest BCUT2D eigenvalue weighted by Crippen LogP contribution is -2.34. The predicted octanol–water partition coefficient (Wildman–Crippen LogP) is 3.69. The monoisotopic (exact) mass is 392 g/mol. The van der Waals surface area contributed by atoms with Crippen molar-refractivity contribution >= 4 is 10.0 Å². The van der Waals surface area contributed by atoms with Crippen LogP contribution in [-0.2, 0) is 16.2 Å². The minimum absolute atomic E-state index is 0.103. The maximum Gasteiger partial charge on any atom is 0.416 e. The Balaban J connectivity index is 1.97. The number of hydrogen-bond donors (Lipinski definition) is 0. The first-order valence-corrected chi connectivity index (χ1v) is 10.2. The maximum atomic E-state index is 12.6. The van der Waals surface area contributed by atoms with Crippen LogP contribution >= 0.6 is 0 Å². The molecular weight excluding hydrogens is 365 g/mol. The summed E-state index contributed by atoms with van der Waals surface area (Å²) in [6, 6.07) is 3.69. The fourth-order valence-corrected chi connectivity index (χ4v) is 4.82. The van der Waals surface area contributed by atoms with Crippen LogP contribution in [0.15, 0.2) is 29.2 Å².